The van der Waals surface area contributed by atoms with Crippen LogP contribution in [0.5, 0.6) is 0 Å². The van der Waals surface area contributed by atoms with Crippen LogP contribution < -0.4 is 0 Å². The van der Waals surface area contributed by atoms with Gasteiger partial charge in [-0.25, -0.2) is 9.78 Å². The van der Waals surface area contributed by atoms with E-state index in [-0.39, 0.29) is 11.6 Å². The van der Waals surface area contributed by atoms with E-state index in [0.29, 0.717) is 10.6 Å². The molecule has 10 heteroatoms. The Bertz CT molecular complexity index is 683. The van der Waals surface area contributed by atoms with Gasteiger partial charge in [0.15, 0.2) is 0 Å². The fourth-order valence-electron chi connectivity index (χ4n) is 1.89. The SMILES string of the molecule is O=C(O)C(F)(F)OCC(Cn1cncn1)c1ccc(Cl)cc1Cl. The van der Waals surface area contributed by atoms with Gasteiger partial charge in [-0.3, -0.25) is 4.68 Å². The number of carbonyl (C=O) groups is 1. The summed E-state index contributed by atoms with van der Waals surface area (Å²) in [6.07, 6.45) is -1.61. The van der Waals surface area contributed by atoms with Gasteiger partial charge < -0.3 is 9.84 Å². The Morgan fingerprint density at radius 1 is 1.43 bits per heavy atom. The second kappa shape index (κ2) is 7.20. The number of alkyl halides is 2. The number of hydrogen-bond donors (Lipinski definition) is 1. The van der Waals surface area contributed by atoms with Gasteiger partial charge in [0.25, 0.3) is 0 Å². The molecule has 1 heterocycles. The summed E-state index contributed by atoms with van der Waals surface area (Å²) in [6.45, 7) is -0.461. The summed E-state index contributed by atoms with van der Waals surface area (Å²) in [5, 5.41) is 13.0. The minimum Gasteiger partial charge on any atom is -0.475 e. The fraction of sp³-hybridized carbons (Fsp3) is 0.308. The van der Waals surface area contributed by atoms with E-state index in [0.717, 1.165) is 0 Å². The Morgan fingerprint density at radius 2 is 2.17 bits per heavy atom. The van der Waals surface area contributed by atoms with E-state index < -0.39 is 24.6 Å². The Balaban J connectivity index is 2.23. The molecule has 1 aromatic carbocycles. The van der Waals surface area contributed by atoms with E-state index in [9.17, 15) is 13.6 Å². The molecule has 0 radical (unpaired) electrons. The van der Waals surface area contributed by atoms with Crippen molar-refractivity contribution in [3.05, 3.63) is 46.5 Å². The highest BCUT2D eigenvalue weighted by Crippen LogP contribution is 2.30. The normalized spacial score (nSPS) is 13.0. The first-order valence-corrected chi connectivity index (χ1v) is 7.07. The number of halogens is 4. The first-order valence-electron chi connectivity index (χ1n) is 6.32. The molecule has 6 nitrogen and oxygen atoms in total. The van der Waals surface area contributed by atoms with Crippen LogP contribution in [0.25, 0.3) is 0 Å². The summed E-state index contributed by atoms with van der Waals surface area (Å²) >= 11 is 11.9. The topological polar surface area (TPSA) is 77.2 Å². The van der Waals surface area contributed by atoms with Gasteiger partial charge in [-0.2, -0.15) is 13.9 Å². The Labute approximate surface area is 139 Å². The minimum atomic E-state index is -4.29. The molecule has 0 aliphatic carbocycles. The third-order valence-corrected chi connectivity index (χ3v) is 3.55. The molecular formula is C13H11Cl2F2N3O3. The monoisotopic (exact) mass is 365 g/mol. The van der Waals surface area contributed by atoms with Crippen molar-refractivity contribution in [3.8, 4) is 0 Å². The van der Waals surface area contributed by atoms with Crippen LogP contribution in [0.4, 0.5) is 8.78 Å². The third kappa shape index (κ3) is 4.60. The van der Waals surface area contributed by atoms with Gasteiger partial charge in [-0.05, 0) is 17.7 Å². The smallest absolute Gasteiger partial charge is 0.455 e. The number of carboxylic acids is 1. The standard InChI is InChI=1S/C13H11Cl2F2N3O3/c14-9-1-2-10(11(15)3-9)8(4-20-7-18-6-19-20)5-23-13(16,17)12(21)22/h1-3,6-8H,4-5H2,(H,21,22). The molecule has 0 spiro atoms. The number of nitrogens with zero attached hydrogens (tertiary/aromatic N) is 3. The van der Waals surface area contributed by atoms with Crippen molar-refractivity contribution in [1.82, 2.24) is 14.8 Å². The summed E-state index contributed by atoms with van der Waals surface area (Å²) < 4.78 is 32.0. The van der Waals surface area contributed by atoms with E-state index in [2.05, 4.69) is 14.8 Å². The molecule has 0 saturated carbocycles. The second-order valence-corrected chi connectivity index (χ2v) is 5.46. The molecule has 1 atom stereocenters. The summed E-state index contributed by atoms with van der Waals surface area (Å²) in [4.78, 5) is 14.2. The number of carboxylic acid groups (broad SMARTS) is 1. The Morgan fingerprint density at radius 3 is 2.74 bits per heavy atom. The van der Waals surface area contributed by atoms with Crippen LogP contribution >= 0.6 is 23.2 Å². The molecule has 124 valence electrons. The maximum Gasteiger partial charge on any atom is 0.455 e. The lowest BCUT2D eigenvalue weighted by atomic mass is 10.00. The van der Waals surface area contributed by atoms with Gasteiger partial charge in [0.1, 0.15) is 12.7 Å². The van der Waals surface area contributed by atoms with Crippen LogP contribution in [0.15, 0.2) is 30.9 Å². The van der Waals surface area contributed by atoms with Gasteiger partial charge in [-0.1, -0.05) is 29.3 Å². The third-order valence-electron chi connectivity index (χ3n) is 2.99. The predicted molar refractivity (Wildman–Crippen MR) is 77.8 cm³/mol. The van der Waals surface area contributed by atoms with Crippen molar-refractivity contribution in [1.29, 1.82) is 0 Å². The molecule has 2 aromatic rings. The van der Waals surface area contributed by atoms with Crippen LogP contribution in [0.2, 0.25) is 10.0 Å². The summed E-state index contributed by atoms with van der Waals surface area (Å²) in [6, 6.07) is 4.57. The van der Waals surface area contributed by atoms with Crippen LogP contribution in [0.1, 0.15) is 11.5 Å². The maximum atomic E-state index is 13.2. The summed E-state index contributed by atoms with van der Waals surface area (Å²) in [5.41, 5.74) is 0.479. The number of ether oxygens (including phenoxy) is 1. The zero-order valence-corrected chi connectivity index (χ0v) is 13.0. The van der Waals surface area contributed by atoms with Gasteiger partial charge in [0.05, 0.1) is 13.2 Å². The molecule has 2 rings (SSSR count). The fourth-order valence-corrected chi connectivity index (χ4v) is 2.46. The lowest BCUT2D eigenvalue weighted by Gasteiger charge is -2.21. The van der Waals surface area contributed by atoms with E-state index in [4.69, 9.17) is 28.3 Å². The highest BCUT2D eigenvalue weighted by molar-refractivity contribution is 6.35. The lowest BCUT2D eigenvalue weighted by Crippen LogP contribution is -2.33. The molecule has 0 fully saturated rings. The number of aliphatic carboxylic acids is 1. The van der Waals surface area contributed by atoms with Crippen LogP contribution in [0.3, 0.4) is 0 Å². The van der Waals surface area contributed by atoms with Crippen molar-refractivity contribution in [2.75, 3.05) is 6.61 Å². The van der Waals surface area contributed by atoms with Gasteiger partial charge in [-0.15, -0.1) is 0 Å². The lowest BCUT2D eigenvalue weighted by molar-refractivity contribution is -0.247. The van der Waals surface area contributed by atoms with Crippen molar-refractivity contribution >= 4 is 29.2 Å². The average molecular weight is 366 g/mol. The zero-order chi connectivity index (χ0) is 17.0. The van der Waals surface area contributed by atoms with Crippen molar-refractivity contribution < 1.29 is 23.4 Å². The van der Waals surface area contributed by atoms with E-state index >= 15 is 0 Å². The Hall–Kier alpha value is -1.77. The maximum absolute atomic E-state index is 13.2. The molecule has 0 aliphatic rings. The van der Waals surface area contributed by atoms with Gasteiger partial charge in [0, 0.05) is 16.0 Å². The highest BCUT2D eigenvalue weighted by atomic mass is 35.5. The zero-order valence-electron chi connectivity index (χ0n) is 11.5. The molecule has 0 aliphatic heterocycles. The Kier molecular flexibility index (Phi) is 5.51. The van der Waals surface area contributed by atoms with Gasteiger partial charge in [0.2, 0.25) is 0 Å². The van der Waals surface area contributed by atoms with E-state index in [1.807, 2.05) is 0 Å². The molecule has 0 amide bonds. The number of benzene rings is 1. The predicted octanol–water partition coefficient (Wildman–Crippen LogP) is 3.06. The van der Waals surface area contributed by atoms with Crippen molar-refractivity contribution in [2.45, 2.75) is 18.6 Å². The van der Waals surface area contributed by atoms with Crippen LogP contribution in [-0.4, -0.2) is 38.6 Å². The largest absolute Gasteiger partial charge is 0.475 e. The first-order chi connectivity index (χ1) is 10.8. The van der Waals surface area contributed by atoms with Crippen LogP contribution in [-0.2, 0) is 16.1 Å². The van der Waals surface area contributed by atoms with Crippen LogP contribution in [0, 0.1) is 0 Å². The number of rotatable bonds is 7. The molecule has 1 N–H and O–H groups in total. The van der Waals surface area contributed by atoms with E-state index in [1.165, 1.54) is 23.4 Å². The summed E-state index contributed by atoms with van der Waals surface area (Å²) in [5.74, 6) is -3.04. The molecule has 1 unspecified atom stereocenters. The molecule has 1 aromatic heterocycles. The second-order valence-electron chi connectivity index (χ2n) is 4.61. The molecule has 0 bridgehead atoms. The van der Waals surface area contributed by atoms with Gasteiger partial charge >= 0.3 is 12.1 Å². The molecule has 0 saturated heterocycles. The summed E-state index contributed by atoms with van der Waals surface area (Å²) in [7, 11) is 0. The van der Waals surface area contributed by atoms with E-state index in [1.54, 1.807) is 12.1 Å². The molecular weight excluding hydrogens is 355 g/mol. The number of aromatic nitrogens is 3. The highest BCUT2D eigenvalue weighted by Gasteiger charge is 2.41. The molecule has 23 heavy (non-hydrogen) atoms. The van der Waals surface area contributed by atoms with Crippen molar-refractivity contribution in [3.63, 3.8) is 0 Å². The number of hydrogen-bond acceptors (Lipinski definition) is 4. The van der Waals surface area contributed by atoms with Crippen molar-refractivity contribution in [2.24, 2.45) is 0 Å². The average Bonchev–Trinajstić information content (AvgIpc) is 2.96. The quantitative estimate of drug-likeness (QED) is 0.815. The minimum absolute atomic E-state index is 0.122. The first kappa shape index (κ1) is 17.6.